The average molecular weight is 453 g/mol. The highest BCUT2D eigenvalue weighted by molar-refractivity contribution is 7.89. The van der Waals surface area contributed by atoms with Crippen molar-refractivity contribution >= 4 is 22.0 Å². The normalized spacial score (nSPS) is 28.0. The Morgan fingerprint density at radius 2 is 1.97 bits per heavy atom. The Morgan fingerprint density at radius 1 is 1.23 bits per heavy atom. The van der Waals surface area contributed by atoms with Crippen LogP contribution in [0.4, 0.5) is 0 Å². The summed E-state index contributed by atoms with van der Waals surface area (Å²) >= 11 is 0. The molecule has 1 N–H and O–H groups in total. The number of piperidine rings is 1. The third kappa shape index (κ3) is 5.31. The maximum atomic E-state index is 13.4. The molecule has 1 saturated heterocycles. The summed E-state index contributed by atoms with van der Waals surface area (Å²) in [6.45, 7) is 6.64. The van der Waals surface area contributed by atoms with Crippen molar-refractivity contribution in [1.82, 2.24) is 19.7 Å². The molecule has 0 bridgehead atoms. The van der Waals surface area contributed by atoms with E-state index in [0.717, 1.165) is 12.8 Å². The summed E-state index contributed by atoms with van der Waals surface area (Å²) in [7, 11) is -0.134. The molecule has 174 valence electrons. The number of aromatic nitrogens is 1. The number of rotatable bonds is 6. The Labute approximate surface area is 186 Å². The minimum Gasteiger partial charge on any atom is -0.383 e. The van der Waals surface area contributed by atoms with Crippen LogP contribution in [0, 0.1) is 24.7 Å². The predicted octanol–water partition coefficient (Wildman–Crippen LogP) is 2.86. The molecule has 3 rings (SSSR count). The average Bonchev–Trinajstić information content (AvgIpc) is 3.11. The standard InChI is InChI=1S/C22H36N4O4S/c1-15-8-6-10-19(16(15)2)23-22(27)18-9-7-12-26(14-18)31(28,29)21-17(3)24-30-20(21)11-13-25(4)5/h11,13,15-16,18-19H,6-10,12,14H2,1-5H3,(H,23,27)/b13-11+. The lowest BCUT2D eigenvalue weighted by Crippen LogP contribution is -2.50. The number of nitrogens with one attached hydrogen (secondary N) is 1. The molecule has 1 saturated carbocycles. The third-order valence-corrected chi connectivity index (χ3v) is 8.77. The van der Waals surface area contributed by atoms with Crippen molar-refractivity contribution < 1.29 is 17.7 Å². The summed E-state index contributed by atoms with van der Waals surface area (Å²) in [6, 6.07) is 0.173. The number of carbonyl (C=O) groups excluding carboxylic acids is 1. The van der Waals surface area contributed by atoms with E-state index in [2.05, 4.69) is 24.3 Å². The van der Waals surface area contributed by atoms with Gasteiger partial charge in [0.2, 0.25) is 15.9 Å². The fourth-order valence-electron chi connectivity index (χ4n) is 4.61. The maximum Gasteiger partial charge on any atom is 0.248 e. The van der Waals surface area contributed by atoms with E-state index in [1.807, 2.05) is 14.1 Å². The van der Waals surface area contributed by atoms with Gasteiger partial charge in [0.05, 0.1) is 5.92 Å². The molecule has 31 heavy (non-hydrogen) atoms. The highest BCUT2D eigenvalue weighted by Gasteiger charge is 2.38. The maximum absolute atomic E-state index is 13.4. The molecule has 2 heterocycles. The summed E-state index contributed by atoms with van der Waals surface area (Å²) in [5, 5.41) is 7.10. The van der Waals surface area contributed by atoms with Crippen molar-refractivity contribution in [2.24, 2.45) is 17.8 Å². The molecule has 2 aliphatic rings. The van der Waals surface area contributed by atoms with E-state index in [1.54, 1.807) is 24.1 Å². The lowest BCUT2D eigenvalue weighted by molar-refractivity contribution is -0.127. The fourth-order valence-corrected chi connectivity index (χ4v) is 6.38. The Bertz CT molecular complexity index is 909. The Morgan fingerprint density at radius 3 is 2.68 bits per heavy atom. The topological polar surface area (TPSA) is 95.8 Å². The molecular weight excluding hydrogens is 416 g/mol. The summed E-state index contributed by atoms with van der Waals surface area (Å²) < 4.78 is 33.6. The van der Waals surface area contributed by atoms with Crippen molar-refractivity contribution in [3.63, 3.8) is 0 Å². The van der Waals surface area contributed by atoms with Crippen LogP contribution in [0.5, 0.6) is 0 Å². The van der Waals surface area contributed by atoms with Crippen LogP contribution in [0.2, 0.25) is 0 Å². The van der Waals surface area contributed by atoms with Crippen LogP contribution in [0.15, 0.2) is 15.6 Å². The Hall–Kier alpha value is -1.87. The zero-order valence-electron chi connectivity index (χ0n) is 19.3. The van der Waals surface area contributed by atoms with Gasteiger partial charge in [-0.15, -0.1) is 0 Å². The van der Waals surface area contributed by atoms with Gasteiger partial charge >= 0.3 is 0 Å². The van der Waals surface area contributed by atoms with Crippen LogP contribution >= 0.6 is 0 Å². The van der Waals surface area contributed by atoms with Gasteiger partial charge < -0.3 is 14.7 Å². The molecule has 0 radical (unpaired) electrons. The van der Waals surface area contributed by atoms with Gasteiger partial charge in [-0.25, -0.2) is 8.42 Å². The van der Waals surface area contributed by atoms with Crippen molar-refractivity contribution in [3.8, 4) is 0 Å². The zero-order chi connectivity index (χ0) is 22.8. The first kappa shape index (κ1) is 23.8. The van der Waals surface area contributed by atoms with Gasteiger partial charge in [0, 0.05) is 45.5 Å². The second-order valence-electron chi connectivity index (χ2n) is 9.33. The highest BCUT2D eigenvalue weighted by Crippen LogP contribution is 2.31. The van der Waals surface area contributed by atoms with Crippen molar-refractivity contribution in [2.45, 2.75) is 63.8 Å². The zero-order valence-corrected chi connectivity index (χ0v) is 20.1. The molecule has 1 aliphatic heterocycles. The first-order valence-electron chi connectivity index (χ1n) is 11.2. The van der Waals surface area contributed by atoms with E-state index in [-0.39, 0.29) is 35.1 Å². The van der Waals surface area contributed by atoms with Crippen molar-refractivity contribution in [1.29, 1.82) is 0 Å². The smallest absolute Gasteiger partial charge is 0.248 e. The molecule has 1 aromatic heterocycles. The van der Waals surface area contributed by atoms with Crippen LogP contribution in [-0.2, 0) is 14.8 Å². The van der Waals surface area contributed by atoms with Crippen LogP contribution in [0.3, 0.4) is 0 Å². The van der Waals surface area contributed by atoms with Gasteiger partial charge in [0.25, 0.3) is 0 Å². The second-order valence-corrected chi connectivity index (χ2v) is 11.2. The van der Waals surface area contributed by atoms with E-state index in [9.17, 15) is 13.2 Å². The molecule has 4 atom stereocenters. The van der Waals surface area contributed by atoms with E-state index < -0.39 is 10.0 Å². The molecule has 1 aliphatic carbocycles. The lowest BCUT2D eigenvalue weighted by Gasteiger charge is -2.37. The quantitative estimate of drug-likeness (QED) is 0.713. The molecule has 1 aromatic rings. The molecule has 2 fully saturated rings. The van der Waals surface area contributed by atoms with Gasteiger partial charge in [-0.05, 0) is 38.0 Å². The number of aryl methyl sites for hydroxylation is 1. The van der Waals surface area contributed by atoms with E-state index in [4.69, 9.17) is 4.52 Å². The van der Waals surface area contributed by atoms with Gasteiger partial charge in [-0.1, -0.05) is 31.8 Å². The lowest BCUT2D eigenvalue weighted by atomic mass is 9.78. The van der Waals surface area contributed by atoms with Crippen LogP contribution in [-0.4, -0.2) is 61.9 Å². The summed E-state index contributed by atoms with van der Waals surface area (Å²) in [6.07, 6.45) is 7.99. The van der Waals surface area contributed by atoms with E-state index in [1.165, 1.54) is 10.7 Å². The molecule has 1 amide bonds. The SMILES string of the molecule is Cc1noc(/C=C/N(C)C)c1S(=O)(=O)N1CCCC(C(=O)NC2CCCC(C)C2C)C1. The summed E-state index contributed by atoms with van der Waals surface area (Å²) in [5.74, 6) is 0.872. The summed E-state index contributed by atoms with van der Waals surface area (Å²) in [5.41, 5.74) is 0.329. The Balaban J connectivity index is 1.74. The number of hydrogen-bond donors (Lipinski definition) is 1. The van der Waals surface area contributed by atoms with Crippen molar-refractivity contribution in [3.05, 3.63) is 17.7 Å². The number of carbonyl (C=O) groups is 1. The highest BCUT2D eigenvalue weighted by atomic mass is 32.2. The number of sulfonamides is 1. The molecule has 8 nitrogen and oxygen atoms in total. The van der Waals surface area contributed by atoms with Gasteiger partial charge in [-0.2, -0.15) is 4.31 Å². The molecule has 9 heteroatoms. The van der Waals surface area contributed by atoms with E-state index >= 15 is 0 Å². The Kier molecular flexibility index (Phi) is 7.47. The minimum absolute atomic E-state index is 0.0272. The number of hydrogen-bond acceptors (Lipinski definition) is 6. The monoisotopic (exact) mass is 452 g/mol. The van der Waals surface area contributed by atoms with Gasteiger partial charge in [-0.3, -0.25) is 4.79 Å². The number of amides is 1. The molecule has 0 aromatic carbocycles. The van der Waals surface area contributed by atoms with Gasteiger partial charge in [0.15, 0.2) is 10.7 Å². The van der Waals surface area contributed by atoms with E-state index in [0.29, 0.717) is 36.9 Å². The largest absolute Gasteiger partial charge is 0.383 e. The second kappa shape index (κ2) is 9.73. The van der Waals surface area contributed by atoms with Gasteiger partial charge in [0.1, 0.15) is 5.69 Å². The third-order valence-electron chi connectivity index (χ3n) is 6.74. The first-order valence-corrected chi connectivity index (χ1v) is 12.7. The van der Waals surface area contributed by atoms with Crippen LogP contribution in [0.25, 0.3) is 6.08 Å². The van der Waals surface area contributed by atoms with Crippen molar-refractivity contribution in [2.75, 3.05) is 27.2 Å². The predicted molar refractivity (Wildman–Crippen MR) is 120 cm³/mol. The molecule has 0 spiro atoms. The number of nitrogens with zero attached hydrogens (tertiary/aromatic N) is 3. The fraction of sp³-hybridized carbons (Fsp3) is 0.727. The summed E-state index contributed by atoms with van der Waals surface area (Å²) in [4.78, 5) is 14.9. The minimum atomic E-state index is -3.82. The molecular formula is C22H36N4O4S. The van der Waals surface area contributed by atoms with Crippen LogP contribution < -0.4 is 5.32 Å². The van der Waals surface area contributed by atoms with Crippen LogP contribution in [0.1, 0.15) is 57.4 Å². The first-order chi connectivity index (χ1) is 14.6. The molecule has 4 unspecified atom stereocenters.